The molecule has 1 aromatic carbocycles. The van der Waals surface area contributed by atoms with E-state index in [1.807, 2.05) is 24.3 Å². The Kier molecular flexibility index (Phi) is 3.06. The van der Waals surface area contributed by atoms with Gasteiger partial charge >= 0.3 is 0 Å². The number of carbonyl (C=O) groups excluding carboxylic acids is 1. The van der Waals surface area contributed by atoms with Crippen LogP contribution < -0.4 is 10.6 Å². The second kappa shape index (κ2) is 5.41. The van der Waals surface area contributed by atoms with Crippen molar-refractivity contribution in [3.8, 4) is 0 Å². The summed E-state index contributed by atoms with van der Waals surface area (Å²) in [6.45, 7) is 0. The predicted molar refractivity (Wildman–Crippen MR) is 91.9 cm³/mol. The van der Waals surface area contributed by atoms with Crippen LogP contribution in [0.25, 0.3) is 10.9 Å². The number of benzene rings is 1. The van der Waals surface area contributed by atoms with Crippen molar-refractivity contribution in [2.75, 3.05) is 10.6 Å². The first kappa shape index (κ1) is 14.2. The van der Waals surface area contributed by atoms with E-state index in [9.17, 15) is 4.79 Å². The normalized spacial score (nSPS) is 19.7. The minimum absolute atomic E-state index is 0.152. The van der Waals surface area contributed by atoms with Crippen molar-refractivity contribution in [1.82, 2.24) is 15.3 Å². The Hall–Kier alpha value is -3.22. The van der Waals surface area contributed by atoms with E-state index in [0.717, 1.165) is 40.6 Å². The molecule has 5 rings (SSSR count). The average molecular weight is 333 g/mol. The fourth-order valence-corrected chi connectivity index (χ4v) is 3.57. The van der Waals surface area contributed by atoms with E-state index in [0.29, 0.717) is 18.1 Å². The molecule has 3 aromatic rings. The van der Waals surface area contributed by atoms with Gasteiger partial charge in [0, 0.05) is 29.3 Å². The topological polar surface area (TPSA) is 92.9 Å². The number of carbonyl (C=O) groups is 1. The maximum absolute atomic E-state index is 12.7. The molecule has 0 saturated carbocycles. The van der Waals surface area contributed by atoms with Crippen LogP contribution in [0.2, 0.25) is 0 Å². The molecule has 124 valence electrons. The van der Waals surface area contributed by atoms with E-state index in [2.05, 4.69) is 32.0 Å². The second-order valence-electron chi connectivity index (χ2n) is 6.29. The molecule has 25 heavy (non-hydrogen) atoms. The molecule has 0 saturated heterocycles. The largest absolute Gasteiger partial charge is 0.353 e. The maximum Gasteiger partial charge on any atom is 0.219 e. The lowest BCUT2D eigenvalue weighted by atomic mass is 9.86. The molecule has 2 aliphatic rings. The Morgan fingerprint density at radius 2 is 2.04 bits per heavy atom. The van der Waals surface area contributed by atoms with Crippen LogP contribution in [0.15, 0.2) is 52.4 Å². The Bertz CT molecular complexity index is 1020. The van der Waals surface area contributed by atoms with Crippen molar-refractivity contribution < 1.29 is 9.42 Å². The highest BCUT2D eigenvalue weighted by Crippen LogP contribution is 2.39. The first-order chi connectivity index (χ1) is 12.3. The van der Waals surface area contributed by atoms with Gasteiger partial charge in [-0.3, -0.25) is 9.78 Å². The number of Topliss-reactive ketones (excluding diaryl/α,β-unsaturated/α-hetero) is 1. The molecule has 0 bridgehead atoms. The van der Waals surface area contributed by atoms with E-state index >= 15 is 0 Å². The molecule has 1 aliphatic heterocycles. The average Bonchev–Trinajstić information content (AvgIpc) is 3.00. The van der Waals surface area contributed by atoms with Crippen LogP contribution in [0.3, 0.4) is 0 Å². The number of fused-ring (bicyclic) bond motifs is 2. The van der Waals surface area contributed by atoms with E-state index in [-0.39, 0.29) is 11.8 Å². The molecular formula is C18H15N5O2. The highest BCUT2D eigenvalue weighted by molar-refractivity contribution is 6.00. The molecule has 0 radical (unpaired) electrons. The van der Waals surface area contributed by atoms with Crippen LogP contribution in [0.4, 0.5) is 11.6 Å². The zero-order valence-electron chi connectivity index (χ0n) is 13.3. The smallest absolute Gasteiger partial charge is 0.219 e. The number of nitrogens with one attached hydrogen (secondary N) is 2. The molecule has 7 nitrogen and oxygen atoms in total. The van der Waals surface area contributed by atoms with Crippen LogP contribution in [0.5, 0.6) is 0 Å². The standard InChI is InChI=1S/C18H15N5O2/c24-14-5-1-4-13-15(14)16(21-18-17(20-13)22-25-23-18)11-6-7-12-10(9-11)3-2-8-19-12/h2-3,6-9,16H,1,4-5H2,(H,20,22)(H,21,23)/t16-/m1/s1. The summed E-state index contributed by atoms with van der Waals surface area (Å²) < 4.78 is 4.84. The fraction of sp³-hybridized carbons (Fsp3) is 0.222. The van der Waals surface area contributed by atoms with Crippen molar-refractivity contribution in [1.29, 1.82) is 0 Å². The number of aromatic nitrogens is 3. The van der Waals surface area contributed by atoms with Crippen LogP contribution in [-0.4, -0.2) is 21.1 Å². The van der Waals surface area contributed by atoms with E-state index in [4.69, 9.17) is 4.63 Å². The van der Waals surface area contributed by atoms with Crippen LogP contribution in [0.1, 0.15) is 30.9 Å². The molecule has 1 aliphatic carbocycles. The SMILES string of the molecule is O=C1CCCC2=C1[C@@H](c1ccc3ncccc3c1)Nc1nonc1N2. The lowest BCUT2D eigenvalue weighted by Gasteiger charge is -2.25. The number of pyridine rings is 1. The van der Waals surface area contributed by atoms with Crippen molar-refractivity contribution in [2.24, 2.45) is 0 Å². The fourth-order valence-electron chi connectivity index (χ4n) is 3.57. The second-order valence-corrected chi connectivity index (χ2v) is 6.29. The summed E-state index contributed by atoms with van der Waals surface area (Å²) in [5.74, 6) is 1.19. The van der Waals surface area contributed by atoms with Crippen LogP contribution in [0, 0.1) is 0 Å². The van der Waals surface area contributed by atoms with Crippen LogP contribution in [-0.2, 0) is 4.79 Å². The zero-order chi connectivity index (χ0) is 16.8. The van der Waals surface area contributed by atoms with Gasteiger partial charge in [0.05, 0.1) is 11.6 Å². The minimum atomic E-state index is -0.298. The summed E-state index contributed by atoms with van der Waals surface area (Å²) in [5, 5.41) is 15.4. The molecule has 0 unspecified atom stereocenters. The molecule has 3 heterocycles. The van der Waals surface area contributed by atoms with E-state index in [1.165, 1.54) is 0 Å². The summed E-state index contributed by atoms with van der Waals surface area (Å²) in [7, 11) is 0. The van der Waals surface area contributed by atoms with Gasteiger partial charge < -0.3 is 10.6 Å². The van der Waals surface area contributed by atoms with Gasteiger partial charge in [0.1, 0.15) is 0 Å². The number of rotatable bonds is 1. The summed E-state index contributed by atoms with van der Waals surface area (Å²) in [6, 6.07) is 9.66. The highest BCUT2D eigenvalue weighted by atomic mass is 16.6. The Labute approximate surface area is 143 Å². The lowest BCUT2D eigenvalue weighted by Crippen LogP contribution is -2.23. The van der Waals surface area contributed by atoms with Crippen molar-refractivity contribution >= 4 is 28.3 Å². The van der Waals surface area contributed by atoms with Gasteiger partial charge in [-0.2, -0.15) is 0 Å². The zero-order valence-corrected chi connectivity index (χ0v) is 13.3. The first-order valence-electron chi connectivity index (χ1n) is 8.26. The van der Waals surface area contributed by atoms with Gasteiger partial charge in [-0.25, -0.2) is 4.63 Å². The van der Waals surface area contributed by atoms with Crippen molar-refractivity contribution in [3.05, 3.63) is 53.4 Å². The Morgan fingerprint density at radius 3 is 3.00 bits per heavy atom. The number of nitrogens with zero attached hydrogens (tertiary/aromatic N) is 3. The number of hydrogen-bond acceptors (Lipinski definition) is 7. The first-order valence-corrected chi connectivity index (χ1v) is 8.26. The number of ketones is 1. The molecule has 7 heteroatoms. The Morgan fingerprint density at radius 1 is 1.12 bits per heavy atom. The van der Waals surface area contributed by atoms with E-state index in [1.54, 1.807) is 6.20 Å². The molecule has 0 fully saturated rings. The van der Waals surface area contributed by atoms with Gasteiger partial charge in [-0.15, -0.1) is 0 Å². The minimum Gasteiger partial charge on any atom is -0.353 e. The molecule has 1 atom stereocenters. The van der Waals surface area contributed by atoms with Crippen LogP contribution >= 0.6 is 0 Å². The summed E-state index contributed by atoms with van der Waals surface area (Å²) >= 11 is 0. The lowest BCUT2D eigenvalue weighted by molar-refractivity contribution is -0.116. The van der Waals surface area contributed by atoms with Gasteiger partial charge in [0.15, 0.2) is 5.78 Å². The van der Waals surface area contributed by atoms with Gasteiger partial charge in [0.2, 0.25) is 11.6 Å². The monoisotopic (exact) mass is 333 g/mol. The van der Waals surface area contributed by atoms with Crippen molar-refractivity contribution in [3.63, 3.8) is 0 Å². The third-order valence-corrected chi connectivity index (χ3v) is 4.74. The van der Waals surface area contributed by atoms with Gasteiger partial charge in [-0.1, -0.05) is 12.1 Å². The molecule has 0 amide bonds. The molecule has 2 aromatic heterocycles. The van der Waals surface area contributed by atoms with Gasteiger partial charge in [-0.05, 0) is 46.9 Å². The summed E-state index contributed by atoms with van der Waals surface area (Å²) in [6.07, 6.45) is 3.97. The van der Waals surface area contributed by atoms with Crippen molar-refractivity contribution in [2.45, 2.75) is 25.3 Å². The Balaban J connectivity index is 1.69. The molecule has 2 N–H and O–H groups in total. The summed E-state index contributed by atoms with van der Waals surface area (Å²) in [5.41, 5.74) is 3.57. The molecule has 0 spiro atoms. The summed E-state index contributed by atoms with van der Waals surface area (Å²) in [4.78, 5) is 17.0. The quantitative estimate of drug-likeness (QED) is 0.706. The third-order valence-electron chi connectivity index (χ3n) is 4.74. The number of anilines is 2. The number of allylic oxidation sites excluding steroid dienone is 1. The highest BCUT2D eigenvalue weighted by Gasteiger charge is 2.33. The van der Waals surface area contributed by atoms with E-state index < -0.39 is 0 Å². The maximum atomic E-state index is 12.7. The predicted octanol–water partition coefficient (Wildman–Crippen LogP) is 3.20. The molecular weight excluding hydrogens is 318 g/mol. The van der Waals surface area contributed by atoms with Gasteiger partial charge in [0.25, 0.3) is 0 Å². The third kappa shape index (κ3) is 2.27. The number of hydrogen-bond donors (Lipinski definition) is 2.